The van der Waals surface area contributed by atoms with E-state index in [1.54, 1.807) is 60.7 Å². The fourth-order valence-corrected chi connectivity index (χ4v) is 2.62. The molecule has 0 spiro atoms. The van der Waals surface area contributed by atoms with Crippen LogP contribution in [0.25, 0.3) is 0 Å². The number of carboxylic acid groups (broad SMARTS) is 1. The number of rotatable bonds is 9. The summed E-state index contributed by atoms with van der Waals surface area (Å²) in [6.07, 6.45) is -0.334. The molecule has 0 aliphatic carbocycles. The number of carbonyl (C=O) groups excluding carboxylic acids is 2. The van der Waals surface area contributed by atoms with Gasteiger partial charge in [0.25, 0.3) is 11.8 Å². The predicted molar refractivity (Wildman–Crippen MR) is 103 cm³/mol. The second-order valence-electron chi connectivity index (χ2n) is 6.10. The summed E-state index contributed by atoms with van der Waals surface area (Å²) in [6, 6.07) is 14.6. The van der Waals surface area contributed by atoms with Crippen molar-refractivity contribution >= 4 is 17.8 Å². The van der Waals surface area contributed by atoms with Crippen LogP contribution in [0, 0.1) is 0 Å². The van der Waals surface area contributed by atoms with Gasteiger partial charge in [-0.05, 0) is 24.1 Å². The van der Waals surface area contributed by atoms with Gasteiger partial charge in [0.05, 0.1) is 6.04 Å². The van der Waals surface area contributed by atoms with Gasteiger partial charge >= 0.3 is 5.97 Å². The first-order valence-corrected chi connectivity index (χ1v) is 8.67. The first-order valence-electron chi connectivity index (χ1n) is 8.67. The van der Waals surface area contributed by atoms with Crippen LogP contribution in [0.3, 0.4) is 0 Å². The lowest BCUT2D eigenvalue weighted by Crippen LogP contribution is -2.50. The van der Waals surface area contributed by atoms with Gasteiger partial charge in [0, 0.05) is 5.56 Å². The van der Waals surface area contributed by atoms with E-state index in [1.165, 1.54) is 6.08 Å². The van der Waals surface area contributed by atoms with Gasteiger partial charge in [-0.2, -0.15) is 0 Å². The van der Waals surface area contributed by atoms with Gasteiger partial charge in [-0.15, -0.1) is 6.58 Å². The summed E-state index contributed by atoms with van der Waals surface area (Å²) >= 11 is 0. The van der Waals surface area contributed by atoms with Crippen molar-refractivity contribution in [3.63, 3.8) is 0 Å². The Hall–Kier alpha value is -3.45. The van der Waals surface area contributed by atoms with Crippen LogP contribution in [0.15, 0.2) is 73.3 Å². The third-order valence-corrected chi connectivity index (χ3v) is 4.08. The molecule has 0 aliphatic heterocycles. The Labute approximate surface area is 162 Å². The monoisotopic (exact) mass is 382 g/mol. The van der Waals surface area contributed by atoms with Crippen molar-refractivity contribution in [2.24, 2.45) is 0 Å². The van der Waals surface area contributed by atoms with Crippen LogP contribution in [-0.4, -0.2) is 40.1 Å². The molecular weight excluding hydrogens is 360 g/mol. The zero-order valence-corrected chi connectivity index (χ0v) is 15.1. The second-order valence-corrected chi connectivity index (χ2v) is 6.10. The molecule has 2 aromatic rings. The van der Waals surface area contributed by atoms with Crippen LogP contribution in [0.1, 0.15) is 28.4 Å². The van der Waals surface area contributed by atoms with Gasteiger partial charge < -0.3 is 20.8 Å². The first kappa shape index (κ1) is 20.9. The highest BCUT2D eigenvalue weighted by atomic mass is 16.4. The molecule has 0 bridgehead atoms. The van der Waals surface area contributed by atoms with E-state index in [-0.39, 0.29) is 6.42 Å². The number of carbonyl (C=O) groups is 3. The van der Waals surface area contributed by atoms with E-state index in [4.69, 9.17) is 0 Å². The van der Waals surface area contributed by atoms with Crippen LogP contribution >= 0.6 is 0 Å². The van der Waals surface area contributed by atoms with E-state index in [1.807, 2.05) is 0 Å². The van der Waals surface area contributed by atoms with E-state index < -0.39 is 36.0 Å². The third-order valence-electron chi connectivity index (χ3n) is 4.08. The zero-order valence-electron chi connectivity index (χ0n) is 15.1. The third kappa shape index (κ3) is 5.52. The Morgan fingerprint density at radius 3 is 2.07 bits per heavy atom. The van der Waals surface area contributed by atoms with E-state index >= 15 is 0 Å². The van der Waals surface area contributed by atoms with Gasteiger partial charge in [-0.3, -0.25) is 9.59 Å². The lowest BCUT2D eigenvalue weighted by Gasteiger charge is -2.25. The lowest BCUT2D eigenvalue weighted by atomic mass is 9.99. The van der Waals surface area contributed by atoms with Crippen molar-refractivity contribution in [2.75, 3.05) is 0 Å². The van der Waals surface area contributed by atoms with Crippen molar-refractivity contribution in [3.8, 4) is 0 Å². The number of aliphatic carboxylic acids is 1. The highest BCUT2D eigenvalue weighted by Gasteiger charge is 2.31. The Balaban J connectivity index is 2.23. The SMILES string of the molecule is C=CC[C@@H](NC(=O)[C@H](O)[C@@H](NC(=O)c1ccccc1)c1ccccc1)C(=O)O. The summed E-state index contributed by atoms with van der Waals surface area (Å²) < 4.78 is 0. The summed E-state index contributed by atoms with van der Waals surface area (Å²) in [4.78, 5) is 36.2. The summed E-state index contributed by atoms with van der Waals surface area (Å²) in [5, 5.41) is 24.7. The highest BCUT2D eigenvalue weighted by molar-refractivity contribution is 5.95. The van der Waals surface area contributed by atoms with Gasteiger partial charge in [-0.1, -0.05) is 54.6 Å². The quantitative estimate of drug-likeness (QED) is 0.492. The van der Waals surface area contributed by atoms with Gasteiger partial charge in [0.1, 0.15) is 6.04 Å². The molecule has 3 atom stereocenters. The van der Waals surface area contributed by atoms with Crippen molar-refractivity contribution in [3.05, 3.63) is 84.4 Å². The number of amides is 2. The second kappa shape index (κ2) is 10.0. The molecule has 2 aromatic carbocycles. The molecule has 7 heteroatoms. The standard InChI is InChI=1S/C21H22N2O5/c1-2-9-16(21(27)28)22-20(26)18(24)17(14-10-5-3-6-11-14)23-19(25)15-12-7-4-8-13-15/h2-8,10-13,16-18,24H,1,9H2,(H,22,26)(H,23,25)(H,27,28)/t16-,17+,18-/m1/s1. The number of carboxylic acids is 1. The average molecular weight is 382 g/mol. The summed E-state index contributed by atoms with van der Waals surface area (Å²) in [7, 11) is 0. The largest absolute Gasteiger partial charge is 0.480 e. The molecule has 2 amide bonds. The fourth-order valence-electron chi connectivity index (χ4n) is 2.62. The van der Waals surface area contributed by atoms with Crippen molar-refractivity contribution in [1.82, 2.24) is 10.6 Å². The van der Waals surface area contributed by atoms with E-state index in [9.17, 15) is 24.6 Å². The zero-order chi connectivity index (χ0) is 20.5. The van der Waals surface area contributed by atoms with E-state index in [2.05, 4.69) is 17.2 Å². The maximum atomic E-state index is 12.5. The van der Waals surface area contributed by atoms with Gasteiger partial charge in [-0.25, -0.2) is 4.79 Å². The number of aliphatic hydroxyl groups is 1. The number of hydrogen-bond donors (Lipinski definition) is 4. The number of nitrogens with one attached hydrogen (secondary N) is 2. The minimum absolute atomic E-state index is 0.000170. The Kier molecular flexibility index (Phi) is 7.47. The molecule has 0 heterocycles. The molecule has 0 aromatic heterocycles. The lowest BCUT2D eigenvalue weighted by molar-refractivity contribution is -0.143. The smallest absolute Gasteiger partial charge is 0.326 e. The van der Waals surface area contributed by atoms with Crippen LogP contribution in [0.5, 0.6) is 0 Å². The van der Waals surface area contributed by atoms with Crippen LogP contribution in [-0.2, 0) is 9.59 Å². The average Bonchev–Trinajstić information content (AvgIpc) is 2.72. The molecule has 0 saturated carbocycles. The Morgan fingerprint density at radius 1 is 0.964 bits per heavy atom. The molecular formula is C21H22N2O5. The summed E-state index contributed by atoms with van der Waals surface area (Å²) in [5.41, 5.74) is 0.871. The number of aliphatic hydroxyl groups excluding tert-OH is 1. The Bertz CT molecular complexity index is 823. The minimum atomic E-state index is -1.69. The molecule has 0 fully saturated rings. The first-order chi connectivity index (χ1) is 13.4. The maximum absolute atomic E-state index is 12.5. The van der Waals surface area contributed by atoms with Gasteiger partial charge in [0.15, 0.2) is 6.10 Å². The molecule has 0 radical (unpaired) electrons. The highest BCUT2D eigenvalue weighted by Crippen LogP contribution is 2.18. The van der Waals surface area contributed by atoms with Crippen LogP contribution in [0.4, 0.5) is 0 Å². The minimum Gasteiger partial charge on any atom is -0.480 e. The Morgan fingerprint density at radius 2 is 1.54 bits per heavy atom. The van der Waals surface area contributed by atoms with Gasteiger partial charge in [0.2, 0.25) is 0 Å². The number of benzene rings is 2. The topological polar surface area (TPSA) is 116 Å². The molecule has 4 N–H and O–H groups in total. The molecule has 28 heavy (non-hydrogen) atoms. The molecule has 0 unspecified atom stereocenters. The fraction of sp³-hybridized carbons (Fsp3) is 0.190. The summed E-state index contributed by atoms with van der Waals surface area (Å²) in [5.74, 6) is -2.62. The van der Waals surface area contributed by atoms with Crippen molar-refractivity contribution in [1.29, 1.82) is 0 Å². The van der Waals surface area contributed by atoms with E-state index in [0.29, 0.717) is 11.1 Å². The maximum Gasteiger partial charge on any atom is 0.326 e. The van der Waals surface area contributed by atoms with Crippen LogP contribution in [0.2, 0.25) is 0 Å². The van der Waals surface area contributed by atoms with Crippen molar-refractivity contribution in [2.45, 2.75) is 24.6 Å². The molecule has 0 saturated heterocycles. The summed E-state index contributed by atoms with van der Waals surface area (Å²) in [6.45, 7) is 3.46. The molecule has 7 nitrogen and oxygen atoms in total. The molecule has 146 valence electrons. The van der Waals surface area contributed by atoms with Crippen molar-refractivity contribution < 1.29 is 24.6 Å². The van der Waals surface area contributed by atoms with Crippen LogP contribution < -0.4 is 10.6 Å². The molecule has 0 aliphatic rings. The number of hydrogen-bond acceptors (Lipinski definition) is 4. The molecule has 2 rings (SSSR count). The predicted octanol–water partition coefficient (Wildman–Crippen LogP) is 1.66. The van der Waals surface area contributed by atoms with E-state index in [0.717, 1.165) is 0 Å². The normalized spacial score (nSPS) is 13.6.